The minimum absolute atomic E-state index is 0.159. The summed E-state index contributed by atoms with van der Waals surface area (Å²) in [7, 11) is 1.54. The first-order valence-corrected chi connectivity index (χ1v) is 12.2. The number of hydrogen-bond donors (Lipinski definition) is 4. The minimum atomic E-state index is -1.43. The van der Waals surface area contributed by atoms with Gasteiger partial charge in [-0.1, -0.05) is 30.3 Å². The molecule has 0 radical (unpaired) electrons. The molecule has 12 nitrogen and oxygen atoms in total. The van der Waals surface area contributed by atoms with Gasteiger partial charge in [-0.3, -0.25) is 14.3 Å². The van der Waals surface area contributed by atoms with Gasteiger partial charge in [0, 0.05) is 24.3 Å². The van der Waals surface area contributed by atoms with Crippen LogP contribution < -0.4 is 15.4 Å². The first-order valence-electron chi connectivity index (χ1n) is 12.2. The van der Waals surface area contributed by atoms with E-state index < -0.39 is 30.4 Å². The third kappa shape index (κ3) is 5.01. The second-order valence-electron chi connectivity index (χ2n) is 9.26. The van der Waals surface area contributed by atoms with E-state index in [4.69, 9.17) is 19.4 Å². The van der Waals surface area contributed by atoms with Gasteiger partial charge in [-0.15, -0.1) is 0 Å². The predicted molar refractivity (Wildman–Crippen MR) is 138 cm³/mol. The Hall–Kier alpha value is -4.13. The number of nitrogens with one attached hydrogen (secondary N) is 2. The Morgan fingerprint density at radius 2 is 1.95 bits per heavy atom. The summed E-state index contributed by atoms with van der Waals surface area (Å²) < 4.78 is 12.7. The topological polar surface area (TPSA) is 157 Å². The van der Waals surface area contributed by atoms with E-state index in [2.05, 4.69) is 20.6 Å². The van der Waals surface area contributed by atoms with Crippen molar-refractivity contribution in [2.75, 3.05) is 12.4 Å². The monoisotopic (exact) mass is 519 g/mol. The summed E-state index contributed by atoms with van der Waals surface area (Å²) in [4.78, 5) is 30.7. The molecule has 198 valence electrons. The zero-order valence-electron chi connectivity index (χ0n) is 21.1. The van der Waals surface area contributed by atoms with Gasteiger partial charge in [0.15, 0.2) is 35.1 Å². The largest absolute Gasteiger partial charge is 0.495 e. The van der Waals surface area contributed by atoms with Crippen LogP contribution in [0, 0.1) is 0 Å². The number of ether oxygens (including phenoxy) is 2. The number of anilines is 1. The van der Waals surface area contributed by atoms with Crippen LogP contribution in [0.4, 0.5) is 5.82 Å². The lowest BCUT2D eigenvalue weighted by Crippen LogP contribution is -2.45. The molecule has 0 spiro atoms. The molecule has 38 heavy (non-hydrogen) atoms. The van der Waals surface area contributed by atoms with Crippen molar-refractivity contribution >= 4 is 22.9 Å². The second kappa shape index (κ2) is 10.7. The van der Waals surface area contributed by atoms with Gasteiger partial charge < -0.3 is 30.3 Å². The van der Waals surface area contributed by atoms with Crippen molar-refractivity contribution in [2.45, 2.75) is 51.0 Å². The number of amides is 1. The Labute approximate surface area is 218 Å². The van der Waals surface area contributed by atoms with E-state index >= 15 is 0 Å². The molecular formula is C26H29N7O5. The molecule has 4 aromatic rings. The number of imidazole rings is 1. The smallest absolute Gasteiger partial charge is 0.252 e. The lowest BCUT2D eigenvalue weighted by Gasteiger charge is -2.17. The number of nitrogens with zero attached hydrogens (tertiary/aromatic N) is 5. The number of benzene rings is 1. The van der Waals surface area contributed by atoms with E-state index in [9.17, 15) is 15.0 Å². The summed E-state index contributed by atoms with van der Waals surface area (Å²) in [6.07, 6.45) is -0.552. The summed E-state index contributed by atoms with van der Waals surface area (Å²) in [5.74, 6) is 0.817. The molecule has 0 aliphatic carbocycles. The second-order valence-corrected chi connectivity index (χ2v) is 9.26. The highest BCUT2D eigenvalue weighted by molar-refractivity contribution is 5.85. The van der Waals surface area contributed by atoms with E-state index in [1.807, 2.05) is 30.3 Å². The zero-order valence-corrected chi connectivity index (χ0v) is 21.1. The number of hydrogen-bond acceptors (Lipinski definition) is 10. The summed E-state index contributed by atoms with van der Waals surface area (Å²) in [5, 5.41) is 27.5. The van der Waals surface area contributed by atoms with Crippen LogP contribution in [0.1, 0.15) is 25.6 Å². The number of fused-ring (bicyclic) bond motifs is 1. The molecule has 4 N–H and O–H groups in total. The van der Waals surface area contributed by atoms with Crippen molar-refractivity contribution in [3.63, 3.8) is 0 Å². The molecule has 1 aromatic carbocycles. The average Bonchev–Trinajstić information content (AvgIpc) is 3.48. The Bertz CT molecular complexity index is 1430. The van der Waals surface area contributed by atoms with E-state index in [1.165, 1.54) is 10.9 Å². The molecule has 4 heterocycles. The van der Waals surface area contributed by atoms with Gasteiger partial charge in [0.25, 0.3) is 5.91 Å². The van der Waals surface area contributed by atoms with Crippen LogP contribution in [0.3, 0.4) is 0 Å². The van der Waals surface area contributed by atoms with Crippen molar-refractivity contribution in [3.05, 3.63) is 60.7 Å². The number of carbonyl (C=O) groups excluding carboxylic acids is 1. The molecule has 0 unspecified atom stereocenters. The minimum Gasteiger partial charge on any atom is -0.495 e. The Morgan fingerprint density at radius 3 is 2.68 bits per heavy atom. The summed E-state index contributed by atoms with van der Waals surface area (Å²) in [5.41, 5.74) is 2.42. The third-order valence-corrected chi connectivity index (χ3v) is 6.13. The van der Waals surface area contributed by atoms with E-state index in [1.54, 1.807) is 39.4 Å². The Morgan fingerprint density at radius 1 is 1.16 bits per heavy atom. The quantitative estimate of drug-likeness (QED) is 0.270. The molecule has 1 amide bonds. The molecule has 0 saturated carbocycles. The fourth-order valence-electron chi connectivity index (χ4n) is 4.26. The SMILES string of the molecule is COc1cncc(-c2nc(NCc3ccccc3)c3ncn([C@@H]4O[C@H](C(=O)NC(C)C)[C@@H](O)[C@H]4O)c3n2)c1. The molecule has 0 bridgehead atoms. The van der Waals surface area contributed by atoms with E-state index in [0.717, 1.165) is 5.56 Å². The molecule has 1 aliphatic rings. The number of aliphatic hydroxyl groups is 2. The highest BCUT2D eigenvalue weighted by atomic mass is 16.6. The number of rotatable bonds is 8. The first kappa shape index (κ1) is 25.5. The van der Waals surface area contributed by atoms with E-state index in [-0.39, 0.29) is 6.04 Å². The normalized spacial score (nSPS) is 21.1. The molecule has 4 atom stereocenters. The van der Waals surface area contributed by atoms with Gasteiger partial charge in [-0.25, -0.2) is 15.0 Å². The lowest BCUT2D eigenvalue weighted by atomic mass is 10.1. The summed E-state index contributed by atoms with van der Waals surface area (Å²) >= 11 is 0. The molecule has 3 aromatic heterocycles. The van der Waals surface area contributed by atoms with Crippen LogP contribution in [0.25, 0.3) is 22.6 Å². The average molecular weight is 520 g/mol. The van der Waals surface area contributed by atoms with Gasteiger partial charge in [0.05, 0.1) is 19.6 Å². The van der Waals surface area contributed by atoms with Gasteiger partial charge in [-0.2, -0.15) is 0 Å². The highest BCUT2D eigenvalue weighted by Gasteiger charge is 2.48. The van der Waals surface area contributed by atoms with Crippen LogP contribution in [0.5, 0.6) is 5.75 Å². The van der Waals surface area contributed by atoms with Crippen LogP contribution in [0.2, 0.25) is 0 Å². The number of carbonyl (C=O) groups is 1. The van der Waals surface area contributed by atoms with Gasteiger partial charge in [0.2, 0.25) is 0 Å². The van der Waals surface area contributed by atoms with Crippen LogP contribution in [0.15, 0.2) is 55.1 Å². The molecule has 1 saturated heterocycles. The van der Waals surface area contributed by atoms with Crippen molar-refractivity contribution < 1.29 is 24.5 Å². The third-order valence-electron chi connectivity index (χ3n) is 6.13. The zero-order chi connectivity index (χ0) is 26.8. The Balaban J connectivity index is 1.56. The molecule has 5 rings (SSSR count). The number of methoxy groups -OCH3 is 1. The molecule has 1 aliphatic heterocycles. The molecule has 12 heteroatoms. The van der Waals surface area contributed by atoms with Crippen molar-refractivity contribution in [3.8, 4) is 17.1 Å². The number of aromatic nitrogens is 5. The van der Waals surface area contributed by atoms with Gasteiger partial charge in [0.1, 0.15) is 18.0 Å². The van der Waals surface area contributed by atoms with Crippen LogP contribution in [-0.2, 0) is 16.1 Å². The fourth-order valence-corrected chi connectivity index (χ4v) is 4.26. The van der Waals surface area contributed by atoms with Crippen molar-refractivity contribution in [1.29, 1.82) is 0 Å². The van der Waals surface area contributed by atoms with Crippen molar-refractivity contribution in [2.24, 2.45) is 0 Å². The van der Waals surface area contributed by atoms with Crippen LogP contribution in [-0.4, -0.2) is 72.1 Å². The summed E-state index contributed by atoms with van der Waals surface area (Å²) in [6, 6.07) is 11.4. The highest BCUT2D eigenvalue weighted by Crippen LogP contribution is 2.34. The summed E-state index contributed by atoms with van der Waals surface area (Å²) in [6.45, 7) is 4.08. The maximum atomic E-state index is 12.6. The standard InChI is InChI=1S/C26H29N7O5/c1-14(2)30-25(36)21-19(34)20(35)26(38-21)33-13-29-18-23(28-10-15-7-5-4-6-8-15)31-22(32-24(18)33)16-9-17(37-3)12-27-11-16/h4-9,11-14,19-21,26,34-35H,10H2,1-3H3,(H,30,36)(H,28,31,32)/t19-,20+,21-,26+/m0/s1. The predicted octanol–water partition coefficient (Wildman–Crippen LogP) is 1.65. The van der Waals surface area contributed by atoms with Gasteiger partial charge in [-0.05, 0) is 25.5 Å². The van der Waals surface area contributed by atoms with E-state index in [0.29, 0.717) is 40.7 Å². The number of aliphatic hydroxyl groups excluding tert-OH is 2. The maximum absolute atomic E-state index is 12.6. The van der Waals surface area contributed by atoms with Crippen LogP contribution >= 0.6 is 0 Å². The first-order chi connectivity index (χ1) is 18.4. The molecular weight excluding hydrogens is 490 g/mol. The Kier molecular flexibility index (Phi) is 7.18. The molecule has 1 fully saturated rings. The fraction of sp³-hybridized carbons (Fsp3) is 0.346. The number of pyridine rings is 1. The maximum Gasteiger partial charge on any atom is 0.252 e. The lowest BCUT2D eigenvalue weighted by molar-refractivity contribution is -0.138. The van der Waals surface area contributed by atoms with Crippen molar-refractivity contribution in [1.82, 2.24) is 29.8 Å². The van der Waals surface area contributed by atoms with Gasteiger partial charge >= 0.3 is 0 Å².